The van der Waals surface area contributed by atoms with Gasteiger partial charge in [-0.3, -0.25) is 4.79 Å². The molecule has 2 saturated carbocycles. The topological polar surface area (TPSA) is 113 Å². The predicted octanol–water partition coefficient (Wildman–Crippen LogP) is 8.92. The van der Waals surface area contributed by atoms with Crippen LogP contribution in [0.25, 0.3) is 0 Å². The molecule has 2 aliphatic heterocycles. The number of hydrogen-bond donors (Lipinski definition) is 1. The molecule has 2 spiro atoms. The highest BCUT2D eigenvalue weighted by Crippen LogP contribution is 2.68. The summed E-state index contributed by atoms with van der Waals surface area (Å²) < 4.78 is 41.7. The zero-order valence-corrected chi connectivity index (χ0v) is 37.2. The summed E-state index contributed by atoms with van der Waals surface area (Å²) in [5.74, 6) is -0.755. The van der Waals surface area contributed by atoms with Crippen LogP contribution >= 0.6 is 0 Å². The lowest BCUT2D eigenvalue weighted by Crippen LogP contribution is -2.75. The molecule has 0 aromatic carbocycles. The van der Waals surface area contributed by atoms with E-state index in [1.807, 2.05) is 6.92 Å². The van der Waals surface area contributed by atoms with Gasteiger partial charge in [-0.25, -0.2) is 4.79 Å². The highest BCUT2D eigenvalue weighted by Gasteiger charge is 2.81. The van der Waals surface area contributed by atoms with E-state index in [1.165, 1.54) is 0 Å². The molecule has 9 nitrogen and oxygen atoms in total. The van der Waals surface area contributed by atoms with Crippen molar-refractivity contribution in [1.82, 2.24) is 0 Å². The van der Waals surface area contributed by atoms with Gasteiger partial charge in [0.2, 0.25) is 0 Å². The van der Waals surface area contributed by atoms with Crippen molar-refractivity contribution >= 4 is 36.9 Å². The number of epoxide rings is 1. The average molecular weight is 767 g/mol. The highest BCUT2D eigenvalue weighted by atomic mass is 28.4. The Morgan fingerprint density at radius 3 is 1.71 bits per heavy atom. The normalized spacial score (nSPS) is 37.8. The first-order valence-electron chi connectivity index (χ1n) is 20.4. The quantitative estimate of drug-likeness (QED) is 0.0756. The largest absolute Gasteiger partial charge is 0.509 e. The van der Waals surface area contributed by atoms with Crippen molar-refractivity contribution in [2.45, 2.75) is 199 Å². The number of ketones is 1. The van der Waals surface area contributed by atoms with Crippen LogP contribution in [0, 0.1) is 16.7 Å². The molecule has 0 unspecified atom stereocenters. The maximum Gasteiger partial charge on any atom is 0.509 e. The number of Topliss-reactive ketones (excluding diaryl/α,β-unsaturated/α-hetero) is 1. The lowest BCUT2D eigenvalue weighted by atomic mass is 9.46. The molecule has 5 aliphatic rings. The van der Waals surface area contributed by atoms with E-state index in [0.717, 1.165) is 65.5 Å². The first-order valence-corrected chi connectivity index (χ1v) is 28.0. The van der Waals surface area contributed by atoms with Crippen molar-refractivity contribution in [2.75, 3.05) is 6.61 Å². The molecule has 5 rings (SSSR count). The molecule has 2 saturated heterocycles. The molecule has 1 N–H and O–H groups in total. The Hall–Kier alpha value is -0.869. The average Bonchev–Trinajstić information content (AvgIpc) is 3.85. The smallest absolute Gasteiger partial charge is 0.426 e. The minimum Gasteiger partial charge on any atom is -0.426 e. The van der Waals surface area contributed by atoms with Crippen molar-refractivity contribution in [3.63, 3.8) is 0 Å². The molecule has 9 atom stereocenters. The summed E-state index contributed by atoms with van der Waals surface area (Å²) in [4.78, 5) is 30.1. The minimum atomic E-state index is -2.42. The van der Waals surface area contributed by atoms with E-state index in [9.17, 15) is 9.90 Å². The number of aliphatic hydroxyl groups excluding tert-OH is 1. The lowest BCUT2D eigenvalue weighted by Gasteiger charge is -2.62. The van der Waals surface area contributed by atoms with Crippen LogP contribution < -0.4 is 0 Å². The van der Waals surface area contributed by atoms with Crippen LogP contribution in [0.3, 0.4) is 0 Å². The molecule has 51 heavy (non-hydrogen) atoms. The van der Waals surface area contributed by atoms with Gasteiger partial charge in [0.05, 0.1) is 30.3 Å². The summed E-state index contributed by atoms with van der Waals surface area (Å²) in [5, 5.41) is 12.1. The number of fused-ring (bicyclic) bond motifs is 4. The molecule has 0 radical (unpaired) electrons. The number of ether oxygens (including phenoxy) is 3. The molecule has 0 aromatic heterocycles. The summed E-state index contributed by atoms with van der Waals surface area (Å²) in [7, 11) is -6.91. The summed E-state index contributed by atoms with van der Waals surface area (Å²) in [5.41, 5.74) is -2.43. The third-order valence-corrected chi connectivity index (χ3v) is 29.6. The van der Waals surface area contributed by atoms with E-state index >= 15 is 4.79 Å². The van der Waals surface area contributed by atoms with Crippen molar-refractivity contribution in [3.8, 4) is 0 Å². The molecule has 12 heteroatoms. The van der Waals surface area contributed by atoms with Crippen molar-refractivity contribution < 1.29 is 42.2 Å². The predicted molar refractivity (Wildman–Crippen MR) is 207 cm³/mol. The molecule has 292 valence electrons. The fraction of sp³-hybridized carbons (Fsp3) is 0.897. The van der Waals surface area contributed by atoms with E-state index in [-0.39, 0.29) is 24.9 Å². The number of aliphatic hydroxyl groups is 1. The van der Waals surface area contributed by atoms with E-state index in [0.29, 0.717) is 6.42 Å². The Balaban J connectivity index is 1.87. The number of carbonyl (C=O) groups is 2. The molecule has 3 aliphatic carbocycles. The van der Waals surface area contributed by atoms with Gasteiger partial charge in [-0.2, -0.15) is 0 Å². The third-order valence-electron chi connectivity index (χ3n) is 15.7. The van der Waals surface area contributed by atoms with Crippen LogP contribution in [0.4, 0.5) is 4.79 Å². The van der Waals surface area contributed by atoms with Gasteiger partial charge in [0, 0.05) is 24.2 Å². The van der Waals surface area contributed by atoms with Crippen LogP contribution in [0.15, 0.2) is 11.1 Å². The number of carbonyl (C=O) groups excluding carboxylic acids is 2. The third kappa shape index (κ3) is 5.98. The van der Waals surface area contributed by atoms with Gasteiger partial charge >= 0.3 is 6.16 Å². The van der Waals surface area contributed by atoms with E-state index in [4.69, 9.17) is 27.5 Å². The standard InChI is InChI=1S/C39H70O9Si3/c1-14-49(15-2,16-3)46-27-24-39-34(44-35(42)45-39)32-37(13,29(23-28(40)38(32)25-43-38)47-50(17-4,18-5)19-6)33(41)31(30(26(27)10)36(39,11)12)48-51(20-7,21-8)22-9/h27-29,31-32,34,40H,14-25H2,1-13H3/t27-,28-,29-,31+,32-,34-,37+,38-,39+/m0/s1. The summed E-state index contributed by atoms with van der Waals surface area (Å²) in [6.07, 6.45) is -3.70. The zero-order valence-electron chi connectivity index (χ0n) is 34.2. The lowest BCUT2D eigenvalue weighted by molar-refractivity contribution is -0.206. The second-order valence-electron chi connectivity index (χ2n) is 17.3. The van der Waals surface area contributed by atoms with Gasteiger partial charge in [-0.15, -0.1) is 0 Å². The van der Waals surface area contributed by atoms with Crippen molar-refractivity contribution in [2.24, 2.45) is 16.7 Å². The maximum absolute atomic E-state index is 16.3. The van der Waals surface area contributed by atoms with Crippen LogP contribution in [0.5, 0.6) is 0 Å². The van der Waals surface area contributed by atoms with Crippen LogP contribution in [-0.4, -0.2) is 90.3 Å². The molecular weight excluding hydrogens is 697 g/mol. The van der Waals surface area contributed by atoms with E-state index < -0.39 is 83.5 Å². The van der Waals surface area contributed by atoms with E-state index in [2.05, 4.69) is 83.1 Å². The van der Waals surface area contributed by atoms with Crippen molar-refractivity contribution in [3.05, 3.63) is 11.1 Å². The van der Waals surface area contributed by atoms with Crippen molar-refractivity contribution in [1.29, 1.82) is 0 Å². The van der Waals surface area contributed by atoms with Gasteiger partial charge in [-0.05, 0) is 79.4 Å². The molecule has 2 heterocycles. The van der Waals surface area contributed by atoms with Gasteiger partial charge < -0.3 is 32.6 Å². The Bertz CT molecular complexity index is 1330. The Morgan fingerprint density at radius 1 is 0.765 bits per heavy atom. The van der Waals surface area contributed by atoms with Crippen LogP contribution in [0.2, 0.25) is 54.4 Å². The maximum atomic E-state index is 16.3. The number of hydrogen-bond acceptors (Lipinski definition) is 9. The fourth-order valence-corrected chi connectivity index (χ4v) is 19.6. The molecule has 0 amide bonds. The number of rotatable bonds is 15. The Kier molecular flexibility index (Phi) is 11.6. The van der Waals surface area contributed by atoms with E-state index in [1.54, 1.807) is 0 Å². The summed E-state index contributed by atoms with van der Waals surface area (Å²) in [6, 6.07) is 8.24. The fourth-order valence-electron chi connectivity index (χ4n) is 11.1. The Labute approximate surface area is 311 Å². The minimum absolute atomic E-state index is 0.0395. The molecule has 0 aromatic rings. The molecule has 2 bridgehead atoms. The van der Waals surface area contributed by atoms with Gasteiger partial charge in [0.25, 0.3) is 0 Å². The zero-order chi connectivity index (χ0) is 38.0. The molecular formula is C39H70O9Si3. The van der Waals surface area contributed by atoms with Crippen LogP contribution in [-0.2, 0) is 32.3 Å². The monoisotopic (exact) mass is 766 g/mol. The Morgan fingerprint density at radius 2 is 1.24 bits per heavy atom. The molecule has 4 fully saturated rings. The first-order chi connectivity index (χ1) is 23.9. The first kappa shape index (κ1) is 41.3. The summed E-state index contributed by atoms with van der Waals surface area (Å²) in [6.45, 7) is 28.5. The SMILES string of the molecule is CC[Si](CC)(CC)O[C@H]1C(=O)[C@]2(C)[C@@H](O[Si](CC)(CC)CC)C[C@H](O)[C@@]3(CO3)[C@H]2[C@@H]2OC(=O)O[C@]23C[C@H](O[Si](CC)(CC)CC)C(C)=C1C3(C)C. The van der Waals surface area contributed by atoms with Gasteiger partial charge in [0.15, 0.2) is 42.4 Å². The van der Waals surface area contributed by atoms with Crippen LogP contribution in [0.1, 0.15) is 103 Å². The van der Waals surface area contributed by atoms with Gasteiger partial charge in [-0.1, -0.05) is 76.2 Å². The second-order valence-corrected chi connectivity index (χ2v) is 31.4. The summed E-state index contributed by atoms with van der Waals surface area (Å²) >= 11 is 0. The highest BCUT2D eigenvalue weighted by molar-refractivity contribution is 6.74. The van der Waals surface area contributed by atoms with Gasteiger partial charge in [0.1, 0.15) is 11.7 Å². The second kappa shape index (κ2) is 14.3.